The van der Waals surface area contributed by atoms with Gasteiger partial charge < -0.3 is 11.1 Å². The highest BCUT2D eigenvalue weighted by molar-refractivity contribution is 6.42. The summed E-state index contributed by atoms with van der Waals surface area (Å²) in [4.78, 5) is 19.1. The van der Waals surface area contributed by atoms with Crippen LogP contribution in [-0.2, 0) is 4.79 Å². The molecule has 0 bridgehead atoms. The standard InChI is InChI=1S/C10H14Cl2N4O/c1-2-3-6(13)4-7(17)16-10-8(11)9(12)14-5-15-10/h5-6H,2-4,13H2,1H3,(H,14,15,16,17). The van der Waals surface area contributed by atoms with E-state index < -0.39 is 0 Å². The van der Waals surface area contributed by atoms with Crippen LogP contribution in [0.3, 0.4) is 0 Å². The molecule has 5 nitrogen and oxygen atoms in total. The van der Waals surface area contributed by atoms with Crippen molar-refractivity contribution >= 4 is 34.9 Å². The van der Waals surface area contributed by atoms with Crippen molar-refractivity contribution < 1.29 is 4.79 Å². The molecule has 0 aliphatic rings. The Morgan fingerprint density at radius 2 is 2.24 bits per heavy atom. The molecule has 0 aliphatic heterocycles. The molecule has 1 atom stereocenters. The van der Waals surface area contributed by atoms with Crippen molar-refractivity contribution in [3.8, 4) is 0 Å². The predicted molar refractivity (Wildman–Crippen MR) is 68.2 cm³/mol. The van der Waals surface area contributed by atoms with Gasteiger partial charge in [0, 0.05) is 12.5 Å². The van der Waals surface area contributed by atoms with Crippen LogP contribution < -0.4 is 11.1 Å². The second-order valence-electron chi connectivity index (χ2n) is 3.63. The molecule has 0 saturated carbocycles. The van der Waals surface area contributed by atoms with Gasteiger partial charge in [0.2, 0.25) is 5.91 Å². The smallest absolute Gasteiger partial charge is 0.227 e. The number of nitrogens with two attached hydrogens (primary N) is 1. The molecule has 0 saturated heterocycles. The van der Waals surface area contributed by atoms with Gasteiger partial charge in [0.15, 0.2) is 11.0 Å². The molecule has 1 heterocycles. The summed E-state index contributed by atoms with van der Waals surface area (Å²) in [5, 5.41) is 2.79. The van der Waals surface area contributed by atoms with Crippen LogP contribution >= 0.6 is 23.2 Å². The first-order valence-corrected chi connectivity index (χ1v) is 6.01. The van der Waals surface area contributed by atoms with Gasteiger partial charge in [-0.25, -0.2) is 9.97 Å². The molecular weight excluding hydrogens is 263 g/mol. The average molecular weight is 277 g/mol. The summed E-state index contributed by atoms with van der Waals surface area (Å²) in [6, 6.07) is -0.156. The third kappa shape index (κ3) is 4.46. The van der Waals surface area contributed by atoms with Crippen molar-refractivity contribution in [2.24, 2.45) is 5.73 Å². The van der Waals surface area contributed by atoms with Crippen LogP contribution in [0.15, 0.2) is 6.33 Å². The maximum atomic E-state index is 11.6. The summed E-state index contributed by atoms with van der Waals surface area (Å²) < 4.78 is 0. The normalized spacial score (nSPS) is 12.2. The van der Waals surface area contributed by atoms with Crippen LogP contribution in [0.25, 0.3) is 0 Å². The number of nitrogens with zero attached hydrogens (tertiary/aromatic N) is 2. The van der Waals surface area contributed by atoms with Crippen LogP contribution in [0, 0.1) is 0 Å². The number of amides is 1. The van der Waals surface area contributed by atoms with E-state index in [4.69, 9.17) is 28.9 Å². The molecule has 7 heteroatoms. The summed E-state index contributed by atoms with van der Waals surface area (Å²) >= 11 is 11.5. The Labute approximate surface area is 110 Å². The lowest BCUT2D eigenvalue weighted by molar-refractivity contribution is -0.116. The fourth-order valence-corrected chi connectivity index (χ4v) is 1.61. The largest absolute Gasteiger partial charge is 0.327 e. The number of rotatable bonds is 5. The lowest BCUT2D eigenvalue weighted by Gasteiger charge is -2.10. The number of halogens is 2. The molecule has 1 aromatic rings. The highest BCUT2D eigenvalue weighted by atomic mass is 35.5. The van der Waals surface area contributed by atoms with Gasteiger partial charge in [0.1, 0.15) is 11.3 Å². The van der Waals surface area contributed by atoms with Crippen LogP contribution in [0.2, 0.25) is 10.2 Å². The molecule has 3 N–H and O–H groups in total. The van der Waals surface area contributed by atoms with Crippen LogP contribution in [-0.4, -0.2) is 21.9 Å². The van der Waals surface area contributed by atoms with Crippen LogP contribution in [0.5, 0.6) is 0 Å². The zero-order valence-corrected chi connectivity index (χ0v) is 10.9. The van der Waals surface area contributed by atoms with E-state index >= 15 is 0 Å². The van der Waals surface area contributed by atoms with Crippen molar-refractivity contribution in [2.75, 3.05) is 5.32 Å². The van der Waals surface area contributed by atoms with Gasteiger partial charge >= 0.3 is 0 Å². The summed E-state index contributed by atoms with van der Waals surface area (Å²) in [6.45, 7) is 2.01. The summed E-state index contributed by atoms with van der Waals surface area (Å²) in [5.74, 6) is -0.0250. The molecule has 1 aromatic heterocycles. The number of nitrogens with one attached hydrogen (secondary N) is 1. The highest BCUT2D eigenvalue weighted by Gasteiger charge is 2.13. The Balaban J connectivity index is 2.59. The van der Waals surface area contributed by atoms with E-state index in [-0.39, 0.29) is 34.4 Å². The third-order valence-electron chi connectivity index (χ3n) is 2.11. The number of hydrogen-bond acceptors (Lipinski definition) is 4. The van der Waals surface area contributed by atoms with Crippen LogP contribution in [0.4, 0.5) is 5.82 Å². The monoisotopic (exact) mass is 276 g/mol. The Hall–Kier alpha value is -0.910. The quantitative estimate of drug-likeness (QED) is 0.809. The zero-order valence-electron chi connectivity index (χ0n) is 9.41. The molecule has 0 radical (unpaired) electrons. The van der Waals surface area contributed by atoms with Gasteiger partial charge in [0.25, 0.3) is 0 Å². The lowest BCUT2D eigenvalue weighted by Crippen LogP contribution is -2.27. The van der Waals surface area contributed by atoms with E-state index in [0.717, 1.165) is 12.8 Å². The van der Waals surface area contributed by atoms with Crippen molar-refractivity contribution in [1.29, 1.82) is 0 Å². The number of carbonyl (C=O) groups is 1. The molecule has 1 amide bonds. The minimum absolute atomic E-state index is 0.106. The Morgan fingerprint density at radius 3 is 2.88 bits per heavy atom. The molecule has 0 aromatic carbocycles. The van der Waals surface area contributed by atoms with Gasteiger partial charge in [-0.1, -0.05) is 36.5 Å². The summed E-state index contributed by atoms with van der Waals surface area (Å²) in [5.41, 5.74) is 5.75. The first-order valence-electron chi connectivity index (χ1n) is 5.26. The average Bonchev–Trinajstić information content (AvgIpc) is 2.25. The van der Waals surface area contributed by atoms with E-state index in [1.807, 2.05) is 6.92 Å². The molecular formula is C10H14Cl2N4O. The number of aromatic nitrogens is 2. The molecule has 1 unspecified atom stereocenters. The van der Waals surface area contributed by atoms with E-state index in [0.29, 0.717) is 0 Å². The molecule has 94 valence electrons. The van der Waals surface area contributed by atoms with Gasteiger partial charge in [-0.15, -0.1) is 0 Å². The maximum Gasteiger partial charge on any atom is 0.227 e. The van der Waals surface area contributed by atoms with Crippen molar-refractivity contribution in [3.63, 3.8) is 0 Å². The molecule has 17 heavy (non-hydrogen) atoms. The van der Waals surface area contributed by atoms with E-state index in [1.165, 1.54) is 6.33 Å². The van der Waals surface area contributed by atoms with Gasteiger partial charge in [-0.3, -0.25) is 4.79 Å². The van der Waals surface area contributed by atoms with Gasteiger partial charge in [-0.2, -0.15) is 0 Å². The highest BCUT2D eigenvalue weighted by Crippen LogP contribution is 2.25. The van der Waals surface area contributed by atoms with E-state index in [9.17, 15) is 4.79 Å². The topological polar surface area (TPSA) is 80.9 Å². The first-order chi connectivity index (χ1) is 8.04. The minimum Gasteiger partial charge on any atom is -0.327 e. The molecule has 0 spiro atoms. The third-order valence-corrected chi connectivity index (χ3v) is 2.85. The summed E-state index contributed by atoms with van der Waals surface area (Å²) in [7, 11) is 0. The Morgan fingerprint density at radius 1 is 1.53 bits per heavy atom. The summed E-state index contributed by atoms with van der Waals surface area (Å²) in [6.07, 6.45) is 3.20. The number of anilines is 1. The first kappa shape index (κ1) is 14.2. The number of carbonyl (C=O) groups excluding carboxylic acids is 1. The van der Waals surface area contributed by atoms with Crippen LogP contribution in [0.1, 0.15) is 26.2 Å². The van der Waals surface area contributed by atoms with Crippen molar-refractivity contribution in [3.05, 3.63) is 16.5 Å². The predicted octanol–water partition coefficient (Wildman–Crippen LogP) is 2.24. The minimum atomic E-state index is -0.234. The maximum absolute atomic E-state index is 11.6. The van der Waals surface area contributed by atoms with E-state index in [2.05, 4.69) is 15.3 Å². The number of hydrogen-bond donors (Lipinski definition) is 2. The molecule has 0 aliphatic carbocycles. The lowest BCUT2D eigenvalue weighted by atomic mass is 10.1. The fourth-order valence-electron chi connectivity index (χ4n) is 1.33. The van der Waals surface area contributed by atoms with Gasteiger partial charge in [0.05, 0.1) is 0 Å². The molecule has 0 fully saturated rings. The second-order valence-corrected chi connectivity index (χ2v) is 4.36. The molecule has 1 rings (SSSR count). The zero-order chi connectivity index (χ0) is 12.8. The van der Waals surface area contributed by atoms with Gasteiger partial charge in [-0.05, 0) is 6.42 Å². The van der Waals surface area contributed by atoms with Crippen molar-refractivity contribution in [2.45, 2.75) is 32.2 Å². The fraction of sp³-hybridized carbons (Fsp3) is 0.500. The van der Waals surface area contributed by atoms with Crippen molar-refractivity contribution in [1.82, 2.24) is 9.97 Å². The Kier molecular flexibility index (Phi) is 5.61. The Bertz CT molecular complexity index is 400. The SMILES string of the molecule is CCCC(N)CC(=O)Nc1ncnc(Cl)c1Cl. The van der Waals surface area contributed by atoms with E-state index in [1.54, 1.807) is 0 Å². The second kappa shape index (κ2) is 6.74.